The van der Waals surface area contributed by atoms with Gasteiger partial charge in [-0.25, -0.2) is 0 Å². The van der Waals surface area contributed by atoms with Gasteiger partial charge in [-0.1, -0.05) is 61.4 Å². The topological polar surface area (TPSA) is 24.4 Å². The second-order valence-electron chi connectivity index (χ2n) is 6.00. The molecular weight excluding hydrogens is 264 g/mol. The molecule has 1 aliphatic carbocycles. The zero-order valence-corrected chi connectivity index (χ0v) is 13.0. The van der Waals surface area contributed by atoms with Crippen LogP contribution in [-0.2, 0) is 0 Å². The van der Waals surface area contributed by atoms with E-state index in [1.807, 2.05) is 11.8 Å². The Bertz CT molecular complexity index is 451. The summed E-state index contributed by atoms with van der Waals surface area (Å²) in [5.41, 5.74) is 1.34. The van der Waals surface area contributed by atoms with Gasteiger partial charge in [0, 0.05) is 11.8 Å². The first-order valence-corrected chi connectivity index (χ1v) is 8.83. The highest BCUT2D eigenvalue weighted by Crippen LogP contribution is 2.31. The third kappa shape index (κ3) is 3.38. The Kier molecular flexibility index (Phi) is 4.66. The molecule has 2 unspecified atom stereocenters. The third-order valence-electron chi connectivity index (χ3n) is 4.54. The lowest BCUT2D eigenvalue weighted by Gasteiger charge is -2.28. The average molecular weight is 288 g/mol. The maximum Gasteiger partial charge on any atom is 0.157 e. The van der Waals surface area contributed by atoms with Crippen molar-refractivity contribution in [3.8, 4) is 0 Å². The molecule has 0 bridgehead atoms. The van der Waals surface area contributed by atoms with E-state index in [0.29, 0.717) is 12.1 Å². The standard InChI is InChI=1S/C17H24N2S/c1-13(14-8-4-2-5-9-14)18-17-19-16(12-20-17)15-10-6-3-7-11-15/h3,6-7,10-11,13-14,16H,2,4-5,8-9,12H2,1H3,(H,18,19). The average Bonchev–Trinajstić information content (AvgIpc) is 2.97. The van der Waals surface area contributed by atoms with Crippen LogP contribution in [0.15, 0.2) is 35.3 Å². The molecule has 1 aromatic carbocycles. The summed E-state index contributed by atoms with van der Waals surface area (Å²) in [6.07, 6.45) is 7.00. The first-order chi connectivity index (χ1) is 9.83. The summed E-state index contributed by atoms with van der Waals surface area (Å²) in [4.78, 5) is 4.86. The third-order valence-corrected chi connectivity index (χ3v) is 5.52. The van der Waals surface area contributed by atoms with Crippen molar-refractivity contribution < 1.29 is 0 Å². The fourth-order valence-electron chi connectivity index (χ4n) is 3.25. The van der Waals surface area contributed by atoms with Crippen LogP contribution < -0.4 is 5.32 Å². The van der Waals surface area contributed by atoms with Crippen molar-refractivity contribution in [2.45, 2.75) is 51.1 Å². The van der Waals surface area contributed by atoms with Gasteiger partial charge in [-0.15, -0.1) is 0 Å². The Balaban J connectivity index is 1.58. The molecule has 0 spiro atoms. The lowest BCUT2D eigenvalue weighted by Crippen LogP contribution is -2.37. The maximum absolute atomic E-state index is 4.86. The van der Waals surface area contributed by atoms with Crippen LogP contribution in [0.1, 0.15) is 50.6 Å². The molecule has 1 N–H and O–H groups in total. The Hall–Kier alpha value is -0.960. The van der Waals surface area contributed by atoms with Crippen molar-refractivity contribution in [2.75, 3.05) is 5.75 Å². The van der Waals surface area contributed by atoms with Crippen molar-refractivity contribution in [3.63, 3.8) is 0 Å². The van der Waals surface area contributed by atoms with Gasteiger partial charge in [0.2, 0.25) is 0 Å². The first-order valence-electron chi connectivity index (χ1n) is 7.85. The Labute approximate surface area is 126 Å². The Morgan fingerprint density at radius 1 is 1.15 bits per heavy atom. The molecule has 108 valence electrons. The van der Waals surface area contributed by atoms with E-state index < -0.39 is 0 Å². The summed E-state index contributed by atoms with van der Waals surface area (Å²) in [5.74, 6) is 1.91. The number of thioether (sulfide) groups is 1. The smallest absolute Gasteiger partial charge is 0.157 e. The zero-order valence-electron chi connectivity index (χ0n) is 12.2. The van der Waals surface area contributed by atoms with Crippen molar-refractivity contribution >= 4 is 16.9 Å². The Morgan fingerprint density at radius 3 is 2.65 bits per heavy atom. The van der Waals surface area contributed by atoms with Gasteiger partial charge in [0.05, 0.1) is 6.04 Å². The van der Waals surface area contributed by atoms with Crippen molar-refractivity contribution in [1.82, 2.24) is 5.32 Å². The summed E-state index contributed by atoms with van der Waals surface area (Å²) in [5, 5.41) is 4.81. The molecule has 1 heterocycles. The van der Waals surface area contributed by atoms with Crippen LogP contribution >= 0.6 is 11.8 Å². The first kappa shape index (κ1) is 14.0. The van der Waals surface area contributed by atoms with Gasteiger partial charge in [0.1, 0.15) is 0 Å². The molecule has 1 fully saturated rings. The van der Waals surface area contributed by atoms with Gasteiger partial charge in [-0.2, -0.15) is 0 Å². The number of aliphatic imine (C=N–C) groups is 1. The highest BCUT2D eigenvalue weighted by Gasteiger charge is 2.24. The van der Waals surface area contributed by atoms with Crippen molar-refractivity contribution in [2.24, 2.45) is 10.9 Å². The molecule has 0 saturated heterocycles. The Morgan fingerprint density at radius 2 is 1.90 bits per heavy atom. The lowest BCUT2D eigenvalue weighted by atomic mass is 9.85. The lowest BCUT2D eigenvalue weighted by molar-refractivity contribution is 0.302. The molecule has 3 heteroatoms. The van der Waals surface area contributed by atoms with Gasteiger partial charge in [-0.05, 0) is 31.2 Å². The highest BCUT2D eigenvalue weighted by molar-refractivity contribution is 8.14. The highest BCUT2D eigenvalue weighted by atomic mass is 32.2. The van der Waals surface area contributed by atoms with Crippen molar-refractivity contribution in [3.05, 3.63) is 35.9 Å². The van der Waals surface area contributed by atoms with Crippen LogP contribution in [0.5, 0.6) is 0 Å². The van der Waals surface area contributed by atoms with Gasteiger partial charge in [0.15, 0.2) is 5.17 Å². The van der Waals surface area contributed by atoms with Gasteiger partial charge in [0.25, 0.3) is 0 Å². The molecule has 0 radical (unpaired) electrons. The number of hydrogen-bond donors (Lipinski definition) is 1. The predicted molar refractivity (Wildman–Crippen MR) is 88.2 cm³/mol. The molecule has 0 amide bonds. The summed E-state index contributed by atoms with van der Waals surface area (Å²) in [6, 6.07) is 11.5. The normalized spacial score (nSPS) is 25.2. The van der Waals surface area contributed by atoms with Crippen LogP contribution in [0, 0.1) is 5.92 Å². The van der Waals surface area contributed by atoms with E-state index >= 15 is 0 Å². The summed E-state index contributed by atoms with van der Waals surface area (Å²) in [7, 11) is 0. The second-order valence-corrected chi connectivity index (χ2v) is 7.01. The molecule has 1 saturated carbocycles. The van der Waals surface area contributed by atoms with E-state index in [1.165, 1.54) is 37.7 Å². The quantitative estimate of drug-likeness (QED) is 0.892. The minimum absolute atomic E-state index is 0.335. The molecule has 1 aromatic rings. The maximum atomic E-state index is 4.86. The van der Waals surface area contributed by atoms with Gasteiger partial charge >= 0.3 is 0 Å². The molecule has 1 aliphatic heterocycles. The fourth-order valence-corrected chi connectivity index (χ4v) is 4.30. The SMILES string of the molecule is CC(NC1=NC(c2ccccc2)CS1)C1CCCCC1. The molecule has 2 atom stereocenters. The number of benzene rings is 1. The minimum atomic E-state index is 0.335. The number of rotatable bonds is 3. The molecule has 3 rings (SSSR count). The molecule has 2 nitrogen and oxygen atoms in total. The van der Waals surface area contributed by atoms with E-state index in [9.17, 15) is 0 Å². The zero-order chi connectivity index (χ0) is 13.8. The monoisotopic (exact) mass is 288 g/mol. The number of amidine groups is 1. The van der Waals surface area contributed by atoms with E-state index in [4.69, 9.17) is 4.99 Å². The van der Waals surface area contributed by atoms with E-state index in [-0.39, 0.29) is 0 Å². The fraction of sp³-hybridized carbons (Fsp3) is 0.588. The molecule has 2 aliphatic rings. The van der Waals surface area contributed by atoms with Crippen LogP contribution in [0.25, 0.3) is 0 Å². The van der Waals surface area contributed by atoms with Crippen LogP contribution in [-0.4, -0.2) is 17.0 Å². The van der Waals surface area contributed by atoms with Crippen LogP contribution in [0.4, 0.5) is 0 Å². The second kappa shape index (κ2) is 6.66. The largest absolute Gasteiger partial charge is 0.362 e. The number of nitrogens with one attached hydrogen (secondary N) is 1. The number of nitrogens with zero attached hydrogens (tertiary/aromatic N) is 1. The molecule has 0 aromatic heterocycles. The van der Waals surface area contributed by atoms with Crippen molar-refractivity contribution in [1.29, 1.82) is 0 Å². The molecule has 20 heavy (non-hydrogen) atoms. The minimum Gasteiger partial charge on any atom is -0.362 e. The predicted octanol–water partition coefficient (Wildman–Crippen LogP) is 4.39. The van der Waals surface area contributed by atoms with Gasteiger partial charge in [-0.3, -0.25) is 4.99 Å². The summed E-state index contributed by atoms with van der Waals surface area (Å²) >= 11 is 1.88. The van der Waals surface area contributed by atoms with E-state index in [1.54, 1.807) is 0 Å². The summed E-state index contributed by atoms with van der Waals surface area (Å²) < 4.78 is 0. The number of hydrogen-bond acceptors (Lipinski definition) is 3. The summed E-state index contributed by atoms with van der Waals surface area (Å²) in [6.45, 7) is 2.33. The van der Waals surface area contributed by atoms with Crippen LogP contribution in [0.2, 0.25) is 0 Å². The van der Waals surface area contributed by atoms with E-state index in [2.05, 4.69) is 42.6 Å². The molecular formula is C17H24N2S. The van der Waals surface area contributed by atoms with E-state index in [0.717, 1.165) is 16.8 Å². The van der Waals surface area contributed by atoms with Crippen LogP contribution in [0.3, 0.4) is 0 Å². The van der Waals surface area contributed by atoms with Gasteiger partial charge < -0.3 is 5.32 Å².